The van der Waals surface area contributed by atoms with E-state index in [1.54, 1.807) is 70.2 Å². The van der Waals surface area contributed by atoms with Crippen LogP contribution in [0.3, 0.4) is 0 Å². The van der Waals surface area contributed by atoms with Gasteiger partial charge in [-0.15, -0.1) is 0 Å². The van der Waals surface area contributed by atoms with Crippen molar-refractivity contribution in [1.82, 2.24) is 9.97 Å². The molecule has 0 bridgehead atoms. The van der Waals surface area contributed by atoms with Crippen LogP contribution in [-0.2, 0) is 28.5 Å². The van der Waals surface area contributed by atoms with E-state index in [0.717, 1.165) is 11.9 Å². The average molecular weight is 806 g/mol. The van der Waals surface area contributed by atoms with E-state index in [2.05, 4.69) is 19.4 Å². The summed E-state index contributed by atoms with van der Waals surface area (Å²) in [5, 5.41) is 9.59. The molecule has 0 unspecified atom stereocenters. The summed E-state index contributed by atoms with van der Waals surface area (Å²) in [5.74, 6) is -3.26. The molecule has 5 rings (SSSR count). The summed E-state index contributed by atoms with van der Waals surface area (Å²) in [7, 11) is 0. The molecule has 0 radical (unpaired) electrons. The number of rotatable bonds is 9. The number of esters is 3. The lowest BCUT2D eigenvalue weighted by molar-refractivity contribution is -0.146. The molecule has 5 N–H and O–H groups in total. The van der Waals surface area contributed by atoms with Crippen molar-refractivity contribution in [3.05, 3.63) is 135 Å². The first-order valence-corrected chi connectivity index (χ1v) is 19.1. The SMILES string of the molecule is CC.CC.CC.CCOC(=O)c1c[nH]c2ccccc2c1=O.CCOC=C(C(=O)OCC)C(=O)OCC.Nc1ccccc1.O=C(O)c1c[nH]c2ccccc2c1=O. The molecule has 316 valence electrons. The Kier molecular flexibility index (Phi) is 30.0. The molecule has 2 aromatic heterocycles. The molecule has 0 aliphatic heterocycles. The highest BCUT2D eigenvalue weighted by Gasteiger charge is 2.21. The van der Waals surface area contributed by atoms with Crippen molar-refractivity contribution in [3.63, 3.8) is 0 Å². The zero-order valence-electron chi connectivity index (χ0n) is 35.2. The topological polar surface area (TPSA) is 217 Å². The monoisotopic (exact) mass is 805 g/mol. The van der Waals surface area contributed by atoms with Gasteiger partial charge in [-0.25, -0.2) is 19.2 Å². The summed E-state index contributed by atoms with van der Waals surface area (Å²) in [6, 6.07) is 23.3. The fraction of sp³-hybridized carbons (Fsp3) is 0.318. The minimum absolute atomic E-state index is 0.0422. The Balaban J connectivity index is 0. The van der Waals surface area contributed by atoms with Crippen LogP contribution < -0.4 is 16.6 Å². The number of nitrogens with two attached hydrogens (primary N) is 1. The van der Waals surface area contributed by atoms with Crippen LogP contribution in [0.4, 0.5) is 5.69 Å². The van der Waals surface area contributed by atoms with Crippen LogP contribution in [0.25, 0.3) is 21.8 Å². The van der Waals surface area contributed by atoms with E-state index in [4.69, 9.17) is 20.3 Å². The lowest BCUT2D eigenvalue weighted by atomic mass is 10.1. The predicted octanol–water partition coefficient (Wildman–Crippen LogP) is 8.31. The number of carbonyl (C=O) groups excluding carboxylic acids is 3. The number of nitrogen functional groups attached to an aromatic ring is 1. The summed E-state index contributed by atoms with van der Waals surface area (Å²) < 4.78 is 19.0. The molecule has 0 fully saturated rings. The third kappa shape index (κ3) is 18.8. The highest BCUT2D eigenvalue weighted by atomic mass is 16.6. The molecule has 0 amide bonds. The fourth-order valence-electron chi connectivity index (χ4n) is 4.07. The maximum absolute atomic E-state index is 11.9. The summed E-state index contributed by atoms with van der Waals surface area (Å²) in [5.41, 5.74) is 6.37. The molecule has 0 spiro atoms. The van der Waals surface area contributed by atoms with Crippen LogP contribution in [0.2, 0.25) is 0 Å². The van der Waals surface area contributed by atoms with E-state index >= 15 is 0 Å². The molecule has 0 saturated carbocycles. The maximum atomic E-state index is 11.9. The number of ether oxygens (including phenoxy) is 4. The second-order valence-corrected chi connectivity index (χ2v) is 10.0. The second kappa shape index (κ2) is 32.5. The maximum Gasteiger partial charge on any atom is 0.348 e. The first-order chi connectivity index (χ1) is 28.0. The van der Waals surface area contributed by atoms with Crippen molar-refractivity contribution < 1.29 is 43.2 Å². The van der Waals surface area contributed by atoms with Crippen molar-refractivity contribution in [3.8, 4) is 0 Å². The van der Waals surface area contributed by atoms with Gasteiger partial charge in [-0.1, -0.05) is 84.0 Å². The van der Waals surface area contributed by atoms with E-state index < -0.39 is 29.3 Å². The van der Waals surface area contributed by atoms with Gasteiger partial charge in [0, 0.05) is 39.9 Å². The van der Waals surface area contributed by atoms with E-state index in [1.165, 1.54) is 12.4 Å². The number of benzene rings is 3. The molecule has 2 heterocycles. The largest absolute Gasteiger partial charge is 0.500 e. The fourth-order valence-corrected chi connectivity index (χ4v) is 4.07. The zero-order chi connectivity index (χ0) is 44.5. The number of anilines is 1. The molecule has 14 heteroatoms. The quantitative estimate of drug-likeness (QED) is 0.0210. The molecular formula is C44H59N3O11. The summed E-state index contributed by atoms with van der Waals surface area (Å²) in [6.45, 7) is 19.8. The molecule has 3 aromatic carbocycles. The number of fused-ring (bicyclic) bond motifs is 2. The van der Waals surface area contributed by atoms with Crippen molar-refractivity contribution >= 4 is 51.4 Å². The van der Waals surface area contributed by atoms with Crippen molar-refractivity contribution in [2.45, 2.75) is 69.2 Å². The number of para-hydroxylation sites is 3. The van der Waals surface area contributed by atoms with Crippen LogP contribution >= 0.6 is 0 Å². The Labute approximate surface area is 340 Å². The Hall–Kier alpha value is -6.70. The minimum atomic E-state index is -1.21. The Morgan fingerprint density at radius 1 is 0.586 bits per heavy atom. The highest BCUT2D eigenvalue weighted by molar-refractivity contribution is 6.13. The molecule has 0 aliphatic carbocycles. The van der Waals surface area contributed by atoms with Gasteiger partial charge in [0.25, 0.3) is 0 Å². The van der Waals surface area contributed by atoms with Crippen LogP contribution in [0.5, 0.6) is 0 Å². The Bertz CT molecular complexity index is 2070. The van der Waals surface area contributed by atoms with Crippen LogP contribution in [-0.4, -0.2) is 65.4 Å². The number of carboxylic acids is 1. The van der Waals surface area contributed by atoms with Crippen LogP contribution in [0.1, 0.15) is 90.0 Å². The molecule has 14 nitrogen and oxygen atoms in total. The Morgan fingerprint density at radius 3 is 1.36 bits per heavy atom. The van der Waals surface area contributed by atoms with Crippen molar-refractivity contribution in [2.75, 3.05) is 32.2 Å². The molecule has 0 aliphatic rings. The van der Waals surface area contributed by atoms with Crippen molar-refractivity contribution in [2.24, 2.45) is 0 Å². The third-order valence-corrected chi connectivity index (χ3v) is 6.46. The normalized spacial score (nSPS) is 9.00. The van der Waals surface area contributed by atoms with Gasteiger partial charge < -0.3 is 39.8 Å². The standard InChI is InChI=1S/C12H11NO3.C10H7NO3.C10H16O5.C6H7N.3C2H6/c1-2-16-12(15)9-7-13-10-6-4-3-5-8(10)11(9)14;12-9-6-3-1-2-4-8(6)11-5-7(9)10(13)14;1-4-13-7-8(9(11)14-5-2)10(12)15-6-3;7-6-4-2-1-3-5-6;3*1-2/h3-7H,2H2,1H3,(H,13,14);1-5H,(H,11,12)(H,13,14);7H,4-6H2,1-3H3;1-5H,7H2;3*1-2H3. The molecule has 0 saturated heterocycles. The number of carbonyl (C=O) groups is 4. The first-order valence-electron chi connectivity index (χ1n) is 19.1. The van der Waals surface area contributed by atoms with E-state index in [9.17, 15) is 28.8 Å². The number of hydrogen-bond donors (Lipinski definition) is 4. The van der Waals surface area contributed by atoms with E-state index in [-0.39, 0.29) is 41.9 Å². The minimum Gasteiger partial charge on any atom is -0.500 e. The van der Waals surface area contributed by atoms with Gasteiger partial charge in [0.05, 0.1) is 26.4 Å². The number of aromatic amines is 2. The number of aromatic carboxylic acids is 1. The predicted molar refractivity (Wildman–Crippen MR) is 230 cm³/mol. The number of hydrogen-bond acceptors (Lipinski definition) is 11. The number of H-pyrrole nitrogens is 2. The second-order valence-electron chi connectivity index (χ2n) is 10.0. The van der Waals surface area contributed by atoms with Gasteiger partial charge in [-0.2, -0.15) is 0 Å². The van der Waals surface area contributed by atoms with Crippen LogP contribution in [0, 0.1) is 0 Å². The Morgan fingerprint density at radius 2 is 0.983 bits per heavy atom. The molecular weight excluding hydrogens is 746 g/mol. The van der Waals surface area contributed by atoms with Gasteiger partial charge in [0.2, 0.25) is 10.9 Å². The van der Waals surface area contributed by atoms with Gasteiger partial charge >= 0.3 is 23.9 Å². The van der Waals surface area contributed by atoms with E-state index in [0.29, 0.717) is 28.4 Å². The third-order valence-electron chi connectivity index (χ3n) is 6.46. The van der Waals surface area contributed by atoms with Gasteiger partial charge in [0.1, 0.15) is 17.4 Å². The van der Waals surface area contributed by atoms with Crippen molar-refractivity contribution in [1.29, 1.82) is 0 Å². The van der Waals surface area contributed by atoms with Crippen LogP contribution in [0.15, 0.2) is 113 Å². The summed E-state index contributed by atoms with van der Waals surface area (Å²) >= 11 is 0. The van der Waals surface area contributed by atoms with Gasteiger partial charge in [-0.3, -0.25) is 9.59 Å². The lowest BCUT2D eigenvalue weighted by Gasteiger charge is -2.06. The first kappa shape index (κ1) is 53.4. The number of nitrogens with one attached hydrogen (secondary N) is 2. The van der Waals surface area contributed by atoms with Gasteiger partial charge in [0.15, 0.2) is 5.57 Å². The summed E-state index contributed by atoms with van der Waals surface area (Å²) in [4.78, 5) is 73.9. The lowest BCUT2D eigenvalue weighted by Crippen LogP contribution is -2.18. The number of carboxylic acid groups (broad SMARTS) is 1. The van der Waals surface area contributed by atoms with Gasteiger partial charge in [-0.05, 0) is 64.1 Å². The highest BCUT2D eigenvalue weighted by Crippen LogP contribution is 2.08. The molecule has 58 heavy (non-hydrogen) atoms. The molecule has 5 aromatic rings. The smallest absolute Gasteiger partial charge is 0.348 e. The average Bonchev–Trinajstić information content (AvgIpc) is 3.25. The number of aromatic nitrogens is 2. The summed E-state index contributed by atoms with van der Waals surface area (Å²) in [6.07, 6.45) is 3.67. The zero-order valence-corrected chi connectivity index (χ0v) is 35.2. The number of pyridine rings is 2. The van der Waals surface area contributed by atoms with E-state index in [1.807, 2.05) is 77.9 Å². The molecule has 0 atom stereocenters.